The fourth-order valence-corrected chi connectivity index (χ4v) is 2.41. The van der Waals surface area contributed by atoms with Crippen LogP contribution in [0.3, 0.4) is 0 Å². The molecule has 0 fully saturated rings. The number of hydrogen-bond acceptors (Lipinski definition) is 2. The molecule has 26 heavy (non-hydrogen) atoms. The van der Waals surface area contributed by atoms with Gasteiger partial charge in [0, 0.05) is 13.0 Å². The molecule has 0 unspecified atom stereocenters. The van der Waals surface area contributed by atoms with Crippen LogP contribution in [0.1, 0.15) is 71.6 Å². The lowest BCUT2D eigenvalue weighted by Gasteiger charge is -2.00. The van der Waals surface area contributed by atoms with Crippen molar-refractivity contribution in [2.45, 2.75) is 71.6 Å². The molecule has 0 rings (SSSR count). The van der Waals surface area contributed by atoms with E-state index in [1.54, 1.807) is 0 Å². The van der Waals surface area contributed by atoms with E-state index in [2.05, 4.69) is 67.8 Å². The Morgan fingerprint density at radius 1 is 0.923 bits per heavy atom. The molecule has 3 heteroatoms. The normalized spacial score (nSPS) is 13.5. The van der Waals surface area contributed by atoms with Crippen molar-refractivity contribution in [3.05, 3.63) is 48.6 Å². The van der Waals surface area contributed by atoms with Crippen LogP contribution in [0.25, 0.3) is 0 Å². The molecule has 0 saturated heterocycles. The number of unbranched alkanes of at least 4 members (excludes halogenated alkanes) is 4. The average molecular weight is 362 g/mol. The number of amides is 1. The van der Waals surface area contributed by atoms with Crippen LogP contribution in [-0.4, -0.2) is 24.2 Å². The van der Waals surface area contributed by atoms with Crippen molar-refractivity contribution in [1.82, 2.24) is 5.32 Å². The molecule has 3 nitrogen and oxygen atoms in total. The second kappa shape index (κ2) is 19.7. The topological polar surface area (TPSA) is 49.3 Å². The molecule has 0 aliphatic carbocycles. The monoisotopic (exact) mass is 361 g/mol. The highest BCUT2D eigenvalue weighted by Crippen LogP contribution is 2.05. The summed E-state index contributed by atoms with van der Waals surface area (Å²) in [5.74, 6) is 0.531. The van der Waals surface area contributed by atoms with Crippen molar-refractivity contribution in [2.75, 3.05) is 13.2 Å². The molecule has 0 spiro atoms. The highest BCUT2D eigenvalue weighted by Gasteiger charge is 1.97. The fraction of sp³-hybridized carbons (Fsp3) is 0.609. The molecule has 0 aliphatic heterocycles. The summed E-state index contributed by atoms with van der Waals surface area (Å²) in [5, 5.41) is 11.3. The van der Waals surface area contributed by atoms with E-state index in [9.17, 15) is 4.79 Å². The van der Waals surface area contributed by atoms with Gasteiger partial charge in [0.1, 0.15) is 0 Å². The van der Waals surface area contributed by atoms with Crippen LogP contribution in [0.15, 0.2) is 48.6 Å². The lowest BCUT2D eigenvalue weighted by atomic mass is 10.1. The molecule has 0 aromatic heterocycles. The molecule has 148 valence electrons. The van der Waals surface area contributed by atoms with Gasteiger partial charge in [-0.3, -0.25) is 4.79 Å². The first kappa shape index (κ1) is 24.4. The number of nitrogens with one attached hydrogen (secondary N) is 1. The van der Waals surface area contributed by atoms with Gasteiger partial charge in [0.2, 0.25) is 5.91 Å². The maximum Gasteiger partial charge on any atom is 0.220 e. The van der Waals surface area contributed by atoms with Crippen molar-refractivity contribution in [2.24, 2.45) is 5.92 Å². The summed E-state index contributed by atoms with van der Waals surface area (Å²) >= 11 is 0. The van der Waals surface area contributed by atoms with E-state index >= 15 is 0 Å². The Morgan fingerprint density at radius 3 is 2.31 bits per heavy atom. The van der Waals surface area contributed by atoms with Crippen LogP contribution in [0.4, 0.5) is 0 Å². The molecule has 1 amide bonds. The minimum Gasteiger partial charge on any atom is -0.395 e. The summed E-state index contributed by atoms with van der Waals surface area (Å²) in [6, 6.07) is 0. The molecule has 0 bridgehead atoms. The van der Waals surface area contributed by atoms with Crippen molar-refractivity contribution < 1.29 is 9.90 Å². The van der Waals surface area contributed by atoms with Crippen LogP contribution >= 0.6 is 0 Å². The van der Waals surface area contributed by atoms with E-state index in [1.807, 2.05) is 0 Å². The largest absolute Gasteiger partial charge is 0.395 e. The maximum atomic E-state index is 11.3. The van der Waals surface area contributed by atoms with Crippen molar-refractivity contribution in [1.29, 1.82) is 0 Å². The van der Waals surface area contributed by atoms with Gasteiger partial charge in [0.05, 0.1) is 6.61 Å². The van der Waals surface area contributed by atoms with E-state index in [-0.39, 0.29) is 12.5 Å². The summed E-state index contributed by atoms with van der Waals surface area (Å²) in [5.41, 5.74) is 0. The third-order valence-electron chi connectivity index (χ3n) is 3.94. The van der Waals surface area contributed by atoms with Gasteiger partial charge in [0.25, 0.3) is 0 Å². The van der Waals surface area contributed by atoms with Crippen LogP contribution < -0.4 is 5.32 Å². The Balaban J connectivity index is 3.60. The standard InChI is InChI=1S/C23H39NO2/c1-3-4-5-11-14-17-22(2)18-15-12-9-7-6-8-10-13-16-19-23(26)24-20-21-25/h7-10,14-15,17-18,22,25H,3-6,11-13,16,19-21H2,1-2H3,(H,24,26)/b9-7-,10-8-,17-14-,18-15-/t22-/m1/s1. The number of rotatable bonds is 16. The second-order valence-electron chi connectivity index (χ2n) is 6.59. The highest BCUT2D eigenvalue weighted by atomic mass is 16.3. The molecule has 0 heterocycles. The van der Waals surface area contributed by atoms with Gasteiger partial charge in [-0.25, -0.2) is 0 Å². The summed E-state index contributed by atoms with van der Waals surface area (Å²) < 4.78 is 0. The molecular formula is C23H39NO2. The van der Waals surface area contributed by atoms with Gasteiger partial charge in [0.15, 0.2) is 0 Å². The van der Waals surface area contributed by atoms with Crippen molar-refractivity contribution in [3.63, 3.8) is 0 Å². The first-order valence-corrected chi connectivity index (χ1v) is 10.2. The molecule has 2 N–H and O–H groups in total. The summed E-state index contributed by atoms with van der Waals surface area (Å²) in [6.45, 7) is 4.81. The third-order valence-corrected chi connectivity index (χ3v) is 3.94. The first-order chi connectivity index (χ1) is 12.7. The molecule has 0 aliphatic rings. The molecule has 0 radical (unpaired) electrons. The molecule has 1 atom stereocenters. The predicted octanol–water partition coefficient (Wildman–Crippen LogP) is 5.49. The smallest absolute Gasteiger partial charge is 0.220 e. The average Bonchev–Trinajstić information content (AvgIpc) is 2.64. The van der Waals surface area contributed by atoms with Crippen LogP contribution in [0, 0.1) is 5.92 Å². The van der Waals surface area contributed by atoms with Crippen molar-refractivity contribution >= 4 is 5.91 Å². The van der Waals surface area contributed by atoms with Gasteiger partial charge in [-0.2, -0.15) is 0 Å². The lowest BCUT2D eigenvalue weighted by Crippen LogP contribution is -2.25. The number of allylic oxidation sites excluding steroid dienone is 8. The minimum atomic E-state index is 0.00181. The van der Waals surface area contributed by atoms with Crippen LogP contribution in [0.5, 0.6) is 0 Å². The number of aliphatic hydroxyl groups is 1. The van der Waals surface area contributed by atoms with Gasteiger partial charge >= 0.3 is 0 Å². The van der Waals surface area contributed by atoms with Crippen LogP contribution in [-0.2, 0) is 4.79 Å². The summed E-state index contributed by atoms with van der Waals surface area (Å²) in [7, 11) is 0. The van der Waals surface area contributed by atoms with Crippen molar-refractivity contribution in [3.8, 4) is 0 Å². The van der Waals surface area contributed by atoms with Gasteiger partial charge in [-0.1, -0.05) is 75.3 Å². The Morgan fingerprint density at radius 2 is 1.58 bits per heavy atom. The Hall–Kier alpha value is -1.61. The zero-order valence-corrected chi connectivity index (χ0v) is 16.8. The first-order valence-electron chi connectivity index (χ1n) is 10.2. The number of aliphatic hydroxyl groups excluding tert-OH is 1. The minimum absolute atomic E-state index is 0.00181. The summed E-state index contributed by atoms with van der Waals surface area (Å²) in [4.78, 5) is 11.3. The third kappa shape index (κ3) is 18.7. The van der Waals surface area contributed by atoms with Gasteiger partial charge < -0.3 is 10.4 Å². The van der Waals surface area contributed by atoms with E-state index in [0.717, 1.165) is 25.7 Å². The zero-order chi connectivity index (χ0) is 19.3. The number of hydrogen-bond donors (Lipinski definition) is 2. The molecule has 0 aromatic rings. The lowest BCUT2D eigenvalue weighted by molar-refractivity contribution is -0.121. The predicted molar refractivity (Wildman–Crippen MR) is 113 cm³/mol. The van der Waals surface area contributed by atoms with Gasteiger partial charge in [-0.05, 0) is 44.4 Å². The quantitative estimate of drug-likeness (QED) is 0.282. The second-order valence-corrected chi connectivity index (χ2v) is 6.59. The molecule has 0 saturated carbocycles. The zero-order valence-electron chi connectivity index (χ0n) is 16.8. The van der Waals surface area contributed by atoms with E-state index in [0.29, 0.717) is 18.9 Å². The summed E-state index contributed by atoms with van der Waals surface area (Å²) in [6.07, 6.45) is 27.1. The number of carbonyl (C=O) groups excluding carboxylic acids is 1. The fourth-order valence-electron chi connectivity index (χ4n) is 2.41. The number of carbonyl (C=O) groups is 1. The Labute approximate surface area is 161 Å². The SMILES string of the molecule is CCCCC/C=C\[C@@H](C)/C=C\C/C=C\C/C=C\CCCC(=O)NCCO. The maximum absolute atomic E-state index is 11.3. The Kier molecular flexibility index (Phi) is 18.5. The Bertz CT molecular complexity index is 435. The van der Waals surface area contributed by atoms with E-state index in [1.165, 1.54) is 25.7 Å². The molecular weight excluding hydrogens is 322 g/mol. The van der Waals surface area contributed by atoms with Gasteiger partial charge in [-0.15, -0.1) is 0 Å². The molecule has 0 aromatic carbocycles. The van der Waals surface area contributed by atoms with Crippen LogP contribution in [0.2, 0.25) is 0 Å². The highest BCUT2D eigenvalue weighted by molar-refractivity contribution is 5.75. The van der Waals surface area contributed by atoms with E-state index < -0.39 is 0 Å². The van der Waals surface area contributed by atoms with E-state index in [4.69, 9.17) is 5.11 Å².